The Morgan fingerprint density at radius 1 is 1.23 bits per heavy atom. The second-order valence-corrected chi connectivity index (χ2v) is 5.13. The van der Waals surface area contributed by atoms with Gasteiger partial charge >= 0.3 is 5.97 Å². The van der Waals surface area contributed by atoms with Crippen LogP contribution in [0.25, 0.3) is 6.08 Å². The number of aryl methyl sites for hydroxylation is 2. The number of esters is 1. The molecule has 0 unspecified atom stereocenters. The summed E-state index contributed by atoms with van der Waals surface area (Å²) in [6.07, 6.45) is 13.1. The first kappa shape index (κ1) is 17.8. The molecular formula is C19H24O3. The van der Waals surface area contributed by atoms with Crippen LogP contribution >= 0.6 is 0 Å². The third-order valence-corrected chi connectivity index (χ3v) is 3.08. The molecule has 1 aromatic heterocycles. The summed E-state index contributed by atoms with van der Waals surface area (Å²) in [6.45, 7) is 10.1. The molecule has 0 N–H and O–H groups in total. The summed E-state index contributed by atoms with van der Waals surface area (Å²) in [5.41, 5.74) is 4.22. The molecule has 3 heteroatoms. The minimum absolute atomic E-state index is 0.309. The Morgan fingerprint density at radius 2 is 1.95 bits per heavy atom. The standard InChI is InChI=1S/C19H24O3/c1-6-21-19(20)12-15(3)9-7-8-14(2)10-11-18-16(4)13-22-17(18)5/h7-13H,6H2,1-5H3/b9-7+,11-10+,14-8+,15-12+. The number of rotatable bonds is 6. The van der Waals surface area contributed by atoms with Crippen LogP contribution in [0.15, 0.2) is 52.2 Å². The van der Waals surface area contributed by atoms with Crippen LogP contribution in [0, 0.1) is 13.8 Å². The molecule has 0 amide bonds. The van der Waals surface area contributed by atoms with Crippen molar-refractivity contribution in [2.24, 2.45) is 0 Å². The minimum Gasteiger partial charge on any atom is -0.469 e. The van der Waals surface area contributed by atoms with Gasteiger partial charge in [0.1, 0.15) is 5.76 Å². The van der Waals surface area contributed by atoms with Crippen LogP contribution in [0.4, 0.5) is 0 Å². The predicted molar refractivity (Wildman–Crippen MR) is 90.5 cm³/mol. The lowest BCUT2D eigenvalue weighted by atomic mass is 10.1. The summed E-state index contributed by atoms with van der Waals surface area (Å²) in [4.78, 5) is 11.3. The van der Waals surface area contributed by atoms with Gasteiger partial charge in [0.05, 0.1) is 12.9 Å². The molecule has 1 aromatic rings. The van der Waals surface area contributed by atoms with E-state index >= 15 is 0 Å². The van der Waals surface area contributed by atoms with Crippen molar-refractivity contribution in [3.8, 4) is 0 Å². The van der Waals surface area contributed by atoms with Crippen LogP contribution < -0.4 is 0 Å². The Hall–Kier alpha value is -2.29. The predicted octanol–water partition coefficient (Wildman–Crippen LogP) is 4.92. The molecule has 0 spiro atoms. The fraction of sp³-hybridized carbons (Fsp3) is 0.316. The maximum absolute atomic E-state index is 11.3. The van der Waals surface area contributed by atoms with Gasteiger partial charge in [-0.2, -0.15) is 0 Å². The Kier molecular flexibility index (Phi) is 7.17. The van der Waals surface area contributed by atoms with E-state index in [2.05, 4.69) is 6.08 Å². The van der Waals surface area contributed by atoms with Crippen molar-refractivity contribution < 1.29 is 13.9 Å². The molecule has 118 valence electrons. The lowest BCUT2D eigenvalue weighted by molar-refractivity contribution is -0.137. The van der Waals surface area contributed by atoms with Gasteiger partial charge in [0.25, 0.3) is 0 Å². The van der Waals surface area contributed by atoms with Gasteiger partial charge in [0.2, 0.25) is 0 Å². The number of furan rings is 1. The van der Waals surface area contributed by atoms with Crippen LogP contribution in [0.3, 0.4) is 0 Å². The third kappa shape index (κ3) is 6.00. The Morgan fingerprint density at radius 3 is 2.55 bits per heavy atom. The average molecular weight is 300 g/mol. The number of hydrogen-bond donors (Lipinski definition) is 0. The summed E-state index contributed by atoms with van der Waals surface area (Å²) in [5.74, 6) is 0.612. The molecule has 0 aliphatic carbocycles. The molecule has 0 aliphatic heterocycles. The molecule has 0 aliphatic rings. The molecule has 0 saturated heterocycles. The molecule has 22 heavy (non-hydrogen) atoms. The van der Waals surface area contributed by atoms with Gasteiger partial charge in [-0.15, -0.1) is 0 Å². The van der Waals surface area contributed by atoms with Crippen LogP contribution in [-0.4, -0.2) is 12.6 Å². The van der Waals surface area contributed by atoms with E-state index in [1.165, 1.54) is 6.08 Å². The zero-order valence-electron chi connectivity index (χ0n) is 14.0. The van der Waals surface area contributed by atoms with Crippen molar-refractivity contribution in [1.82, 2.24) is 0 Å². The lowest BCUT2D eigenvalue weighted by Crippen LogP contribution is -1.99. The zero-order chi connectivity index (χ0) is 16.5. The molecule has 0 radical (unpaired) electrons. The van der Waals surface area contributed by atoms with Crippen molar-refractivity contribution in [1.29, 1.82) is 0 Å². The molecule has 0 aromatic carbocycles. The monoisotopic (exact) mass is 300 g/mol. The van der Waals surface area contributed by atoms with Crippen molar-refractivity contribution in [2.75, 3.05) is 6.61 Å². The number of ether oxygens (including phenoxy) is 1. The fourth-order valence-corrected chi connectivity index (χ4v) is 1.87. The number of allylic oxidation sites excluding steroid dienone is 6. The summed E-state index contributed by atoms with van der Waals surface area (Å²) < 4.78 is 10.2. The van der Waals surface area contributed by atoms with Gasteiger partial charge in [0, 0.05) is 11.6 Å². The van der Waals surface area contributed by atoms with Gasteiger partial charge in [0.15, 0.2) is 0 Å². The highest BCUT2D eigenvalue weighted by molar-refractivity contribution is 5.83. The highest BCUT2D eigenvalue weighted by Crippen LogP contribution is 2.17. The molecule has 3 nitrogen and oxygen atoms in total. The zero-order valence-corrected chi connectivity index (χ0v) is 14.0. The highest BCUT2D eigenvalue weighted by atomic mass is 16.5. The second-order valence-electron chi connectivity index (χ2n) is 5.13. The summed E-state index contributed by atoms with van der Waals surface area (Å²) >= 11 is 0. The van der Waals surface area contributed by atoms with Gasteiger partial charge in [-0.1, -0.05) is 36.0 Å². The van der Waals surface area contributed by atoms with Crippen molar-refractivity contribution >= 4 is 12.0 Å². The van der Waals surface area contributed by atoms with Crippen LogP contribution in [0.5, 0.6) is 0 Å². The maximum Gasteiger partial charge on any atom is 0.330 e. The van der Waals surface area contributed by atoms with E-state index in [0.29, 0.717) is 6.61 Å². The van der Waals surface area contributed by atoms with Crippen LogP contribution in [-0.2, 0) is 9.53 Å². The smallest absolute Gasteiger partial charge is 0.330 e. The summed E-state index contributed by atoms with van der Waals surface area (Å²) in [7, 11) is 0. The number of carbonyl (C=O) groups excluding carboxylic acids is 1. The quantitative estimate of drug-likeness (QED) is 0.425. The average Bonchev–Trinajstić information content (AvgIpc) is 2.76. The van der Waals surface area contributed by atoms with Crippen molar-refractivity contribution in [2.45, 2.75) is 34.6 Å². The van der Waals surface area contributed by atoms with Gasteiger partial charge in [-0.05, 0) is 45.8 Å². The first-order valence-electron chi connectivity index (χ1n) is 7.36. The normalized spacial score (nSPS) is 13.3. The van der Waals surface area contributed by atoms with Crippen LogP contribution in [0.1, 0.15) is 37.7 Å². The van der Waals surface area contributed by atoms with E-state index in [-0.39, 0.29) is 5.97 Å². The van der Waals surface area contributed by atoms with E-state index in [4.69, 9.17) is 9.15 Å². The highest BCUT2D eigenvalue weighted by Gasteiger charge is 2.01. The molecule has 1 rings (SSSR count). The van der Waals surface area contributed by atoms with Gasteiger partial charge < -0.3 is 9.15 Å². The van der Waals surface area contributed by atoms with E-state index < -0.39 is 0 Å². The topological polar surface area (TPSA) is 39.4 Å². The number of hydrogen-bond acceptors (Lipinski definition) is 3. The first-order valence-corrected chi connectivity index (χ1v) is 7.36. The molecule has 0 atom stereocenters. The fourth-order valence-electron chi connectivity index (χ4n) is 1.87. The largest absolute Gasteiger partial charge is 0.469 e. The van der Waals surface area contributed by atoms with Crippen molar-refractivity contribution in [3.05, 3.63) is 64.7 Å². The van der Waals surface area contributed by atoms with Crippen LogP contribution in [0.2, 0.25) is 0 Å². The Balaban J connectivity index is 2.66. The molecule has 0 fully saturated rings. The SMILES string of the molecule is CCOC(=O)/C=C(C)/C=C/C=C(C)/C=C/c1c(C)coc1C. The first-order chi connectivity index (χ1) is 10.4. The van der Waals surface area contributed by atoms with Gasteiger partial charge in [-0.3, -0.25) is 0 Å². The van der Waals surface area contributed by atoms with Crippen molar-refractivity contribution in [3.63, 3.8) is 0 Å². The maximum atomic E-state index is 11.3. The third-order valence-electron chi connectivity index (χ3n) is 3.08. The van der Waals surface area contributed by atoms with E-state index in [9.17, 15) is 4.79 Å². The number of carbonyl (C=O) groups is 1. The molecular weight excluding hydrogens is 276 g/mol. The minimum atomic E-state index is -0.309. The summed E-state index contributed by atoms with van der Waals surface area (Å²) in [6, 6.07) is 0. The van der Waals surface area contributed by atoms with Gasteiger partial charge in [-0.25, -0.2) is 4.79 Å². The second kappa shape index (κ2) is 8.88. The van der Waals surface area contributed by atoms with E-state index in [1.807, 2.05) is 52.0 Å². The van der Waals surface area contributed by atoms with E-state index in [0.717, 1.165) is 28.0 Å². The van der Waals surface area contributed by atoms with E-state index in [1.54, 1.807) is 13.2 Å². The summed E-state index contributed by atoms with van der Waals surface area (Å²) in [5, 5.41) is 0. The Bertz CT molecular complexity index is 606. The molecule has 0 bridgehead atoms. The molecule has 1 heterocycles. The lowest BCUT2D eigenvalue weighted by Gasteiger charge is -1.96. The molecule has 0 saturated carbocycles. The Labute approximate surface area is 132 Å².